The first kappa shape index (κ1) is 13.1. The molecule has 1 saturated carbocycles. The van der Waals surface area contributed by atoms with Gasteiger partial charge in [-0.25, -0.2) is 0 Å². The number of rotatable bonds is 5. The van der Waals surface area contributed by atoms with Crippen molar-refractivity contribution in [1.82, 2.24) is 0 Å². The van der Waals surface area contributed by atoms with Gasteiger partial charge in [-0.05, 0) is 30.4 Å². The molecule has 3 nitrogen and oxygen atoms in total. The molecule has 3 N–H and O–H groups in total. The molecule has 0 spiro atoms. The van der Waals surface area contributed by atoms with Gasteiger partial charge in [0.05, 0.1) is 0 Å². The SMILES string of the molecule is Cc1ccccc1C(CN)(CC1CCC1)C(=O)O. The standard InChI is InChI=1S/C15H21NO2/c1-11-5-2-3-8-13(11)15(10-16,14(17)18)9-12-6-4-7-12/h2-3,5,8,12H,4,6-7,9-10,16H2,1H3,(H,17,18). The molecule has 3 heteroatoms. The van der Waals surface area contributed by atoms with Crippen LogP contribution in [0.5, 0.6) is 0 Å². The number of aryl methyl sites for hydroxylation is 1. The molecule has 1 aromatic rings. The quantitative estimate of drug-likeness (QED) is 0.840. The highest BCUT2D eigenvalue weighted by atomic mass is 16.4. The molecule has 0 bridgehead atoms. The van der Waals surface area contributed by atoms with Crippen LogP contribution in [-0.2, 0) is 10.2 Å². The molecular formula is C15H21NO2. The van der Waals surface area contributed by atoms with Gasteiger partial charge in [0.15, 0.2) is 0 Å². The van der Waals surface area contributed by atoms with Crippen molar-refractivity contribution in [3.63, 3.8) is 0 Å². The third-order valence-electron chi connectivity index (χ3n) is 4.28. The Hall–Kier alpha value is -1.35. The van der Waals surface area contributed by atoms with E-state index in [1.54, 1.807) is 0 Å². The minimum absolute atomic E-state index is 0.170. The first-order valence-electron chi connectivity index (χ1n) is 6.60. The van der Waals surface area contributed by atoms with Crippen LogP contribution in [-0.4, -0.2) is 17.6 Å². The third kappa shape index (κ3) is 2.15. The summed E-state index contributed by atoms with van der Waals surface area (Å²) in [6.45, 7) is 2.13. The topological polar surface area (TPSA) is 63.3 Å². The normalized spacial score (nSPS) is 19.0. The summed E-state index contributed by atoms with van der Waals surface area (Å²) in [5, 5.41) is 9.69. The first-order chi connectivity index (χ1) is 8.60. The molecule has 1 aliphatic rings. The van der Waals surface area contributed by atoms with Crippen LogP contribution in [0.3, 0.4) is 0 Å². The zero-order valence-electron chi connectivity index (χ0n) is 10.9. The highest BCUT2D eigenvalue weighted by Crippen LogP contribution is 2.40. The average molecular weight is 247 g/mol. The summed E-state index contributed by atoms with van der Waals surface area (Å²) in [7, 11) is 0. The fourth-order valence-electron chi connectivity index (χ4n) is 2.89. The molecule has 1 aromatic carbocycles. The van der Waals surface area contributed by atoms with Gasteiger partial charge in [-0.3, -0.25) is 4.79 Å². The Labute approximate surface area is 108 Å². The van der Waals surface area contributed by atoms with E-state index in [0.29, 0.717) is 12.3 Å². The molecular weight excluding hydrogens is 226 g/mol. The number of carboxylic acid groups (broad SMARTS) is 1. The maximum atomic E-state index is 11.8. The van der Waals surface area contributed by atoms with E-state index in [-0.39, 0.29) is 6.54 Å². The van der Waals surface area contributed by atoms with E-state index in [9.17, 15) is 9.90 Å². The predicted molar refractivity (Wildman–Crippen MR) is 71.5 cm³/mol. The molecule has 0 aromatic heterocycles. The summed E-state index contributed by atoms with van der Waals surface area (Å²) in [6, 6.07) is 7.71. The van der Waals surface area contributed by atoms with Crippen molar-refractivity contribution >= 4 is 5.97 Å². The van der Waals surface area contributed by atoms with Crippen molar-refractivity contribution < 1.29 is 9.90 Å². The monoisotopic (exact) mass is 247 g/mol. The van der Waals surface area contributed by atoms with Crippen molar-refractivity contribution in [3.05, 3.63) is 35.4 Å². The van der Waals surface area contributed by atoms with Gasteiger partial charge in [0.1, 0.15) is 5.41 Å². The van der Waals surface area contributed by atoms with Gasteiger partial charge in [0.2, 0.25) is 0 Å². The van der Waals surface area contributed by atoms with Gasteiger partial charge in [0.25, 0.3) is 0 Å². The molecule has 0 heterocycles. The van der Waals surface area contributed by atoms with E-state index in [1.165, 1.54) is 6.42 Å². The molecule has 0 radical (unpaired) electrons. The fourth-order valence-corrected chi connectivity index (χ4v) is 2.89. The number of nitrogens with two attached hydrogens (primary N) is 1. The van der Waals surface area contributed by atoms with E-state index in [2.05, 4.69) is 0 Å². The second-order valence-electron chi connectivity index (χ2n) is 5.41. The highest BCUT2D eigenvalue weighted by molar-refractivity contribution is 5.82. The third-order valence-corrected chi connectivity index (χ3v) is 4.28. The lowest BCUT2D eigenvalue weighted by Gasteiger charge is -2.37. The summed E-state index contributed by atoms with van der Waals surface area (Å²) < 4.78 is 0. The molecule has 0 saturated heterocycles. The van der Waals surface area contributed by atoms with Crippen LogP contribution in [0.1, 0.15) is 36.8 Å². The summed E-state index contributed by atoms with van der Waals surface area (Å²) in [6.07, 6.45) is 4.17. The van der Waals surface area contributed by atoms with Gasteiger partial charge < -0.3 is 10.8 Å². The number of hydrogen-bond acceptors (Lipinski definition) is 2. The van der Waals surface area contributed by atoms with E-state index in [0.717, 1.165) is 24.0 Å². The molecule has 0 aliphatic heterocycles. The van der Waals surface area contributed by atoms with E-state index in [4.69, 9.17) is 5.73 Å². The van der Waals surface area contributed by atoms with Gasteiger partial charge >= 0.3 is 5.97 Å². The second kappa shape index (κ2) is 5.11. The van der Waals surface area contributed by atoms with Crippen LogP contribution in [0, 0.1) is 12.8 Å². The second-order valence-corrected chi connectivity index (χ2v) is 5.41. The van der Waals surface area contributed by atoms with Gasteiger partial charge in [-0.15, -0.1) is 0 Å². The van der Waals surface area contributed by atoms with Crippen molar-refractivity contribution in [2.75, 3.05) is 6.54 Å². The maximum absolute atomic E-state index is 11.8. The minimum Gasteiger partial charge on any atom is -0.481 e. The van der Waals surface area contributed by atoms with E-state index in [1.807, 2.05) is 31.2 Å². The van der Waals surface area contributed by atoms with Crippen LogP contribution in [0.25, 0.3) is 0 Å². The Bertz CT molecular complexity index is 440. The fraction of sp³-hybridized carbons (Fsp3) is 0.533. The maximum Gasteiger partial charge on any atom is 0.315 e. The molecule has 2 rings (SSSR count). The van der Waals surface area contributed by atoms with Crippen LogP contribution in [0.4, 0.5) is 0 Å². The molecule has 0 amide bonds. The van der Waals surface area contributed by atoms with E-state index < -0.39 is 11.4 Å². The smallest absolute Gasteiger partial charge is 0.315 e. The van der Waals surface area contributed by atoms with Crippen LogP contribution in [0.15, 0.2) is 24.3 Å². The zero-order valence-corrected chi connectivity index (χ0v) is 10.9. The van der Waals surface area contributed by atoms with Crippen molar-refractivity contribution in [2.24, 2.45) is 11.7 Å². The number of aliphatic carboxylic acids is 1. The van der Waals surface area contributed by atoms with Gasteiger partial charge in [0, 0.05) is 6.54 Å². The largest absolute Gasteiger partial charge is 0.481 e. The Morgan fingerprint density at radius 3 is 2.56 bits per heavy atom. The minimum atomic E-state index is -0.906. The van der Waals surface area contributed by atoms with Gasteiger partial charge in [-0.2, -0.15) is 0 Å². The van der Waals surface area contributed by atoms with Crippen molar-refractivity contribution in [2.45, 2.75) is 38.0 Å². The molecule has 1 atom stereocenters. The lowest BCUT2D eigenvalue weighted by Crippen LogP contribution is -2.45. The summed E-state index contributed by atoms with van der Waals surface area (Å²) in [5.74, 6) is -0.268. The number of carbonyl (C=O) groups is 1. The average Bonchev–Trinajstić information content (AvgIpc) is 2.30. The predicted octanol–water partition coefficient (Wildman–Crippen LogP) is 2.47. The Morgan fingerprint density at radius 1 is 1.44 bits per heavy atom. The van der Waals surface area contributed by atoms with Crippen LogP contribution in [0.2, 0.25) is 0 Å². The van der Waals surface area contributed by atoms with Crippen LogP contribution < -0.4 is 5.73 Å². The molecule has 1 fully saturated rings. The van der Waals surface area contributed by atoms with Gasteiger partial charge in [-0.1, -0.05) is 43.5 Å². The lowest BCUT2D eigenvalue weighted by atomic mass is 9.67. The van der Waals surface area contributed by atoms with Crippen molar-refractivity contribution in [3.8, 4) is 0 Å². The lowest BCUT2D eigenvalue weighted by molar-refractivity contribution is -0.144. The zero-order chi connectivity index (χ0) is 13.2. The molecule has 1 unspecified atom stereocenters. The van der Waals surface area contributed by atoms with Crippen molar-refractivity contribution in [1.29, 1.82) is 0 Å². The Kier molecular flexibility index (Phi) is 3.71. The summed E-state index contributed by atoms with van der Waals surface area (Å²) in [4.78, 5) is 11.8. The Morgan fingerprint density at radius 2 is 2.11 bits per heavy atom. The molecule has 18 heavy (non-hydrogen) atoms. The summed E-state index contributed by atoms with van der Waals surface area (Å²) >= 11 is 0. The molecule has 98 valence electrons. The van der Waals surface area contributed by atoms with E-state index >= 15 is 0 Å². The number of carboxylic acids is 1. The number of benzene rings is 1. The summed E-state index contributed by atoms with van der Waals surface area (Å²) in [5.41, 5.74) is 6.85. The van der Waals surface area contributed by atoms with Crippen LogP contribution >= 0.6 is 0 Å². The molecule has 1 aliphatic carbocycles. The first-order valence-corrected chi connectivity index (χ1v) is 6.60. The highest BCUT2D eigenvalue weighted by Gasteiger charge is 2.42. The number of hydrogen-bond donors (Lipinski definition) is 2. The Balaban J connectivity index is 2.39.